The number of aromatic nitrogens is 3. The highest BCUT2D eigenvalue weighted by Gasteiger charge is 2.33. The van der Waals surface area contributed by atoms with Gasteiger partial charge in [-0.1, -0.05) is 12.1 Å². The van der Waals surface area contributed by atoms with E-state index in [1.165, 1.54) is 41.4 Å². The van der Waals surface area contributed by atoms with Crippen molar-refractivity contribution in [3.63, 3.8) is 0 Å². The summed E-state index contributed by atoms with van der Waals surface area (Å²) in [6.07, 6.45) is 8.55. The Kier molecular flexibility index (Phi) is 5.62. The Morgan fingerprint density at radius 3 is 2.67 bits per heavy atom. The molecule has 2 aliphatic heterocycles. The molecule has 2 unspecified atom stereocenters. The third kappa shape index (κ3) is 3.68. The number of hydrogen-bond donors (Lipinski definition) is 1. The van der Waals surface area contributed by atoms with Gasteiger partial charge in [0.05, 0.1) is 18.4 Å². The molecular weight excluding hydrogens is 415 g/mol. The smallest absolute Gasteiger partial charge is 0.255 e. The van der Waals surface area contributed by atoms with Crippen molar-refractivity contribution in [1.82, 2.24) is 19.4 Å². The molecule has 1 saturated heterocycles. The molecule has 0 aliphatic carbocycles. The molecule has 0 spiro atoms. The lowest BCUT2D eigenvalue weighted by atomic mass is 9.84. The van der Waals surface area contributed by atoms with Gasteiger partial charge < -0.3 is 9.88 Å². The molecule has 1 fully saturated rings. The third-order valence-electron chi connectivity index (χ3n) is 7.06. The number of pyridine rings is 2. The van der Waals surface area contributed by atoms with Crippen LogP contribution >= 0.6 is 0 Å². The summed E-state index contributed by atoms with van der Waals surface area (Å²) < 4.78 is 13.6. The molecule has 5 heterocycles. The number of fused-ring (bicyclic) bond motifs is 6. The quantitative estimate of drug-likeness (QED) is 0.472. The van der Waals surface area contributed by atoms with Gasteiger partial charge in [0.25, 0.3) is 5.56 Å². The van der Waals surface area contributed by atoms with Gasteiger partial charge in [-0.25, -0.2) is 0 Å². The Morgan fingerprint density at radius 2 is 1.91 bits per heavy atom. The Bertz CT molecular complexity index is 1370. The molecule has 4 aromatic rings. The summed E-state index contributed by atoms with van der Waals surface area (Å²) in [5.74, 6) is 0. The van der Waals surface area contributed by atoms with Crippen molar-refractivity contribution in [2.45, 2.75) is 44.7 Å². The lowest BCUT2D eigenvalue weighted by Gasteiger charge is -2.36. The van der Waals surface area contributed by atoms with E-state index in [1.807, 2.05) is 37.5 Å². The molecule has 2 atom stereocenters. The predicted molar refractivity (Wildman–Crippen MR) is 131 cm³/mol. The van der Waals surface area contributed by atoms with E-state index in [9.17, 15) is 9.18 Å². The number of piperidine rings is 1. The molecule has 6 heteroatoms. The Hall–Kier alpha value is -3.25. The Morgan fingerprint density at radius 1 is 1.06 bits per heavy atom. The van der Waals surface area contributed by atoms with Crippen LogP contribution in [-0.4, -0.2) is 27.3 Å². The number of rotatable bonds is 2. The van der Waals surface area contributed by atoms with Crippen LogP contribution in [0.3, 0.4) is 0 Å². The monoisotopic (exact) mass is 444 g/mol. The average molecular weight is 445 g/mol. The molecule has 0 saturated carbocycles. The lowest BCUT2D eigenvalue weighted by molar-refractivity contribution is 0.299. The molecule has 1 aromatic carbocycles. The highest BCUT2D eigenvalue weighted by Crippen LogP contribution is 2.40. The van der Waals surface area contributed by atoms with E-state index in [-0.39, 0.29) is 5.56 Å². The number of nitrogens with zero attached hydrogens (tertiary/aromatic N) is 3. The second-order valence-corrected chi connectivity index (χ2v) is 8.98. The van der Waals surface area contributed by atoms with Crippen LogP contribution in [-0.2, 0) is 13.5 Å². The predicted octanol–water partition coefficient (Wildman–Crippen LogP) is 5.02. The van der Waals surface area contributed by atoms with Crippen LogP contribution in [0.1, 0.15) is 42.3 Å². The first-order chi connectivity index (χ1) is 16.1. The zero-order valence-electron chi connectivity index (χ0n) is 19.3. The molecule has 0 radical (unpaired) electrons. The molecule has 170 valence electrons. The zero-order valence-corrected chi connectivity index (χ0v) is 19.3. The second-order valence-electron chi connectivity index (χ2n) is 8.98. The first-order valence-electron chi connectivity index (χ1n) is 11.5. The number of benzene rings is 1. The molecular formula is C27H29FN4O. The summed E-state index contributed by atoms with van der Waals surface area (Å²) in [4.78, 5) is 17.3. The van der Waals surface area contributed by atoms with Crippen molar-refractivity contribution in [2.75, 3.05) is 7.18 Å². The van der Waals surface area contributed by atoms with Crippen LogP contribution in [0.2, 0.25) is 0 Å². The van der Waals surface area contributed by atoms with Gasteiger partial charge in [-0.05, 0) is 61.6 Å². The van der Waals surface area contributed by atoms with E-state index in [4.69, 9.17) is 0 Å². The summed E-state index contributed by atoms with van der Waals surface area (Å²) in [6.45, 7) is 1.96. The Labute approximate surface area is 192 Å². The van der Waals surface area contributed by atoms with E-state index in [0.717, 1.165) is 28.9 Å². The maximum Gasteiger partial charge on any atom is 0.255 e. The summed E-state index contributed by atoms with van der Waals surface area (Å²) >= 11 is 0. The van der Waals surface area contributed by atoms with Gasteiger partial charge in [-0.2, -0.15) is 0 Å². The number of nitrogens with one attached hydrogen (secondary N) is 1. The first-order valence-corrected chi connectivity index (χ1v) is 11.5. The van der Waals surface area contributed by atoms with E-state index >= 15 is 0 Å². The fraction of sp³-hybridized carbons (Fsp3) is 0.333. The maximum absolute atomic E-state index is 13.0. The van der Waals surface area contributed by atoms with Gasteiger partial charge in [-0.15, -0.1) is 0 Å². The molecule has 1 N–H and O–H groups in total. The number of alkyl halides is 1. The van der Waals surface area contributed by atoms with Crippen LogP contribution in [0, 0.1) is 6.92 Å². The summed E-state index contributed by atoms with van der Waals surface area (Å²) in [6, 6.07) is 15.1. The minimum Gasteiger partial charge on any atom is -0.347 e. The largest absolute Gasteiger partial charge is 0.347 e. The molecule has 3 aromatic heterocycles. The summed E-state index contributed by atoms with van der Waals surface area (Å²) in [7, 11) is 2.67. The van der Waals surface area contributed by atoms with E-state index in [0.29, 0.717) is 19.3 Å². The van der Waals surface area contributed by atoms with Gasteiger partial charge >= 0.3 is 0 Å². The topological polar surface area (TPSA) is 51.9 Å². The van der Waals surface area contributed by atoms with Crippen LogP contribution in [0.25, 0.3) is 27.7 Å². The van der Waals surface area contributed by atoms with E-state index < -0.39 is 0 Å². The number of halogens is 1. The third-order valence-corrected chi connectivity index (χ3v) is 7.06. The Balaban J connectivity index is 0.00000111. The van der Waals surface area contributed by atoms with Crippen molar-refractivity contribution in [1.29, 1.82) is 0 Å². The normalized spacial score (nSPS) is 19.0. The van der Waals surface area contributed by atoms with Crippen molar-refractivity contribution in [2.24, 2.45) is 7.05 Å². The molecule has 33 heavy (non-hydrogen) atoms. The lowest BCUT2D eigenvalue weighted by Crippen LogP contribution is -2.42. The van der Waals surface area contributed by atoms with Gasteiger partial charge in [0.2, 0.25) is 0 Å². The highest BCUT2D eigenvalue weighted by molar-refractivity contribution is 5.88. The standard InChI is InChI=1S/C26H26N4O.CH3F/c1-16-6-7-18(15-27-16)17-10-11-30(25(31)12-17)20-8-9-21-23(14-20)29(2)24-13-19-4-3-5-22(28-19)26(21)24;1-2/h6-12,14-15,19,22,28H,3-5,13H2,1-2H3;1H3. The maximum atomic E-state index is 13.0. The van der Waals surface area contributed by atoms with Gasteiger partial charge in [0, 0.05) is 66.3 Å². The van der Waals surface area contributed by atoms with Crippen LogP contribution in [0.5, 0.6) is 0 Å². The van der Waals surface area contributed by atoms with Crippen LogP contribution in [0.4, 0.5) is 4.39 Å². The van der Waals surface area contributed by atoms with Crippen molar-refractivity contribution < 1.29 is 4.39 Å². The number of hydrogen-bond acceptors (Lipinski definition) is 3. The van der Waals surface area contributed by atoms with Crippen molar-refractivity contribution >= 4 is 10.9 Å². The highest BCUT2D eigenvalue weighted by atomic mass is 19.1. The van der Waals surface area contributed by atoms with E-state index in [1.54, 1.807) is 10.6 Å². The molecule has 6 rings (SSSR count). The minimum atomic E-state index is -0.0334. The fourth-order valence-corrected chi connectivity index (χ4v) is 5.44. The zero-order chi connectivity index (χ0) is 23.1. The average Bonchev–Trinajstić information content (AvgIpc) is 3.12. The van der Waals surface area contributed by atoms with Crippen LogP contribution < -0.4 is 10.9 Å². The van der Waals surface area contributed by atoms with Gasteiger partial charge in [-0.3, -0.25) is 18.7 Å². The summed E-state index contributed by atoms with van der Waals surface area (Å²) in [5, 5.41) is 5.14. The van der Waals surface area contributed by atoms with Crippen LogP contribution in [0.15, 0.2) is 59.7 Å². The fourth-order valence-electron chi connectivity index (χ4n) is 5.44. The molecule has 0 amide bonds. The van der Waals surface area contributed by atoms with E-state index in [2.05, 4.69) is 40.1 Å². The molecule has 2 bridgehead atoms. The second kappa shape index (κ2) is 8.60. The minimum absolute atomic E-state index is 0.0334. The first kappa shape index (κ1) is 21.6. The van der Waals surface area contributed by atoms with Gasteiger partial charge in [0.1, 0.15) is 0 Å². The molecule has 2 aliphatic rings. The van der Waals surface area contributed by atoms with Gasteiger partial charge in [0.15, 0.2) is 0 Å². The SMILES string of the molecule is CF.Cc1ccc(-c2ccn(-c3ccc4c5c(n(C)c4c3)CC3CCCC5N3)c(=O)c2)cn1. The summed E-state index contributed by atoms with van der Waals surface area (Å²) in [5.41, 5.74) is 7.81. The van der Waals surface area contributed by atoms with Crippen molar-refractivity contribution in [3.8, 4) is 16.8 Å². The number of aryl methyl sites for hydroxylation is 2. The van der Waals surface area contributed by atoms with Crippen molar-refractivity contribution in [3.05, 3.63) is 82.2 Å². The molecule has 5 nitrogen and oxygen atoms in total.